The number of rotatable bonds is 3. The van der Waals surface area contributed by atoms with Crippen LogP contribution in [0.15, 0.2) is 18.2 Å². The first-order valence-electron chi connectivity index (χ1n) is 9.76. The number of hydrazine groups is 1. The number of likely N-dealkylation sites (tertiary alicyclic amines) is 1. The van der Waals surface area contributed by atoms with Crippen molar-refractivity contribution in [2.24, 2.45) is 17.1 Å². The number of aliphatic hydroxyl groups is 1. The Morgan fingerprint density at radius 2 is 2.00 bits per heavy atom. The zero-order chi connectivity index (χ0) is 23.3. The van der Waals surface area contributed by atoms with Gasteiger partial charge in [0.2, 0.25) is 5.91 Å². The summed E-state index contributed by atoms with van der Waals surface area (Å²) in [6.45, 7) is 12.4. The summed E-state index contributed by atoms with van der Waals surface area (Å²) in [5, 5.41) is 13.5. The molecule has 8 nitrogen and oxygen atoms in total. The molecule has 6 N–H and O–H groups in total. The summed E-state index contributed by atoms with van der Waals surface area (Å²) in [6, 6.07) is 6.42. The third-order valence-electron chi connectivity index (χ3n) is 4.14. The van der Waals surface area contributed by atoms with Crippen LogP contribution in [0.1, 0.15) is 44.2 Å². The van der Waals surface area contributed by atoms with E-state index in [2.05, 4.69) is 61.0 Å². The summed E-state index contributed by atoms with van der Waals surface area (Å²) >= 11 is 1.75. The topological polar surface area (TPSA) is 135 Å². The molecule has 0 saturated carbocycles. The summed E-state index contributed by atoms with van der Waals surface area (Å²) in [4.78, 5) is 25.8. The third kappa shape index (κ3) is 10.2. The molecule has 170 valence electrons. The van der Waals surface area contributed by atoms with Crippen LogP contribution in [-0.2, 0) is 16.1 Å². The van der Waals surface area contributed by atoms with Gasteiger partial charge < -0.3 is 20.1 Å². The Hall–Kier alpha value is -1.91. The molecule has 0 radical (unpaired) electrons. The highest BCUT2D eigenvalue weighted by Crippen LogP contribution is 2.23. The quantitative estimate of drug-likeness (QED) is 0.424. The van der Waals surface area contributed by atoms with Gasteiger partial charge in [-0.2, -0.15) is 0 Å². The summed E-state index contributed by atoms with van der Waals surface area (Å²) in [6.07, 6.45) is 0.999. The van der Waals surface area contributed by atoms with Gasteiger partial charge >= 0.3 is 0 Å². The van der Waals surface area contributed by atoms with E-state index < -0.39 is 0 Å². The van der Waals surface area contributed by atoms with Crippen LogP contribution in [0, 0.1) is 12.3 Å². The van der Waals surface area contributed by atoms with Gasteiger partial charge in [-0.1, -0.05) is 26.8 Å². The number of aliphatic hydroxyl groups excluding tert-OH is 1. The number of amides is 1. The Balaban J connectivity index is 0.000000481. The number of hydrogen-bond acceptors (Lipinski definition) is 8. The molecule has 1 unspecified atom stereocenters. The molecular weight excluding hydrogens is 402 g/mol. The van der Waals surface area contributed by atoms with Crippen LogP contribution in [0.3, 0.4) is 0 Å². The van der Waals surface area contributed by atoms with Gasteiger partial charge in [0.25, 0.3) is 0 Å². The summed E-state index contributed by atoms with van der Waals surface area (Å²) in [5.41, 5.74) is 2.48. The molecule has 2 heterocycles. The summed E-state index contributed by atoms with van der Waals surface area (Å²) < 4.78 is 1.28. The molecule has 9 heteroatoms. The fraction of sp³-hybridized carbons (Fsp3) is 0.571. The number of fused-ring (bicyclic) bond motifs is 1. The van der Waals surface area contributed by atoms with Crippen molar-refractivity contribution >= 4 is 34.2 Å². The van der Waals surface area contributed by atoms with E-state index >= 15 is 0 Å². The lowest BCUT2D eigenvalue weighted by Gasteiger charge is -2.22. The molecule has 3 rings (SSSR count). The number of β-amino-alcohol motifs (C(OH)–C–C–N with tert-alkyl or cyclic N) is 1. The largest absolute Gasteiger partial charge is 0.391 e. The van der Waals surface area contributed by atoms with E-state index in [1.54, 1.807) is 16.2 Å². The molecule has 1 aromatic heterocycles. The fourth-order valence-corrected chi connectivity index (χ4v) is 3.82. The van der Waals surface area contributed by atoms with Crippen molar-refractivity contribution in [3.05, 3.63) is 28.8 Å². The molecule has 1 atom stereocenters. The molecule has 0 spiro atoms. The average Bonchev–Trinajstić information content (AvgIpc) is 3.29. The maximum Gasteiger partial charge on any atom is 0.223 e. The van der Waals surface area contributed by atoms with Crippen LogP contribution in [0.4, 0.5) is 0 Å². The van der Waals surface area contributed by atoms with Gasteiger partial charge in [0, 0.05) is 26.1 Å². The SMILES string of the molecule is C=O.CC(C)(C)CC(=O)N1CCC(O)C1.CNCc1ccc2nc(C)sc2c1.NN. The molecule has 0 bridgehead atoms. The van der Waals surface area contributed by atoms with E-state index in [-0.39, 0.29) is 17.4 Å². The zero-order valence-electron chi connectivity index (χ0n) is 18.8. The van der Waals surface area contributed by atoms with Crippen LogP contribution >= 0.6 is 11.3 Å². The lowest BCUT2D eigenvalue weighted by Crippen LogP contribution is -2.32. The molecule has 1 fully saturated rings. The standard InChI is InChI=1S/C10H12N2S.C10H19NO2.CH2O.H4N2/c1-7-12-9-4-3-8(6-11-2)5-10(9)13-7;1-10(2,3)6-9(13)11-5-4-8(12)7-11;2*1-2/h3-5,11H,6H2,1-2H3;8,12H,4-7H2,1-3H3;1H2;1-2H2. The average molecular weight is 440 g/mol. The minimum Gasteiger partial charge on any atom is -0.391 e. The second-order valence-corrected chi connectivity index (χ2v) is 9.32. The van der Waals surface area contributed by atoms with Crippen LogP contribution in [0.25, 0.3) is 10.2 Å². The van der Waals surface area contributed by atoms with Crippen molar-refractivity contribution in [3.63, 3.8) is 0 Å². The minimum atomic E-state index is -0.302. The number of benzene rings is 1. The van der Waals surface area contributed by atoms with E-state index in [0.29, 0.717) is 13.0 Å². The first-order chi connectivity index (χ1) is 14.2. The van der Waals surface area contributed by atoms with E-state index in [9.17, 15) is 9.90 Å². The first-order valence-corrected chi connectivity index (χ1v) is 10.6. The normalized spacial score (nSPS) is 15.3. The number of nitrogens with two attached hydrogens (primary N) is 2. The number of nitrogens with one attached hydrogen (secondary N) is 1. The number of carbonyl (C=O) groups is 2. The van der Waals surface area contributed by atoms with Crippen LogP contribution in [0.5, 0.6) is 0 Å². The Morgan fingerprint density at radius 1 is 1.37 bits per heavy atom. The monoisotopic (exact) mass is 439 g/mol. The first kappa shape index (κ1) is 28.1. The second kappa shape index (κ2) is 14.2. The molecule has 1 amide bonds. The highest BCUT2D eigenvalue weighted by atomic mass is 32.1. The Morgan fingerprint density at radius 3 is 2.50 bits per heavy atom. The molecule has 1 aliphatic rings. The molecule has 1 saturated heterocycles. The lowest BCUT2D eigenvalue weighted by molar-refractivity contribution is -0.132. The van der Waals surface area contributed by atoms with Crippen molar-refractivity contribution in [2.75, 3.05) is 20.1 Å². The maximum absolute atomic E-state index is 11.6. The molecule has 1 aromatic carbocycles. The van der Waals surface area contributed by atoms with Gasteiger partial charge in [-0.25, -0.2) is 4.98 Å². The third-order valence-corrected chi connectivity index (χ3v) is 5.07. The van der Waals surface area contributed by atoms with E-state index in [4.69, 9.17) is 4.79 Å². The summed E-state index contributed by atoms with van der Waals surface area (Å²) in [5.74, 6) is 8.17. The van der Waals surface area contributed by atoms with E-state index in [1.807, 2.05) is 20.8 Å². The Bertz CT molecular complexity index is 761. The van der Waals surface area contributed by atoms with Gasteiger partial charge in [0.1, 0.15) is 6.79 Å². The van der Waals surface area contributed by atoms with Crippen molar-refractivity contribution in [1.29, 1.82) is 0 Å². The van der Waals surface area contributed by atoms with Crippen molar-refractivity contribution in [1.82, 2.24) is 15.2 Å². The number of carbonyl (C=O) groups excluding carboxylic acids is 2. The van der Waals surface area contributed by atoms with E-state index in [1.165, 1.54) is 10.3 Å². The Labute approximate surface area is 183 Å². The predicted octanol–water partition coefficient (Wildman–Crippen LogP) is 1.97. The number of hydrogen-bond donors (Lipinski definition) is 4. The zero-order valence-corrected chi connectivity index (χ0v) is 19.6. The van der Waals surface area contributed by atoms with Gasteiger partial charge in [-0.15, -0.1) is 11.3 Å². The van der Waals surface area contributed by atoms with Gasteiger partial charge in [0.15, 0.2) is 0 Å². The minimum absolute atomic E-state index is 0.0463. The van der Waals surface area contributed by atoms with Gasteiger partial charge in [-0.3, -0.25) is 16.5 Å². The Kier molecular flexibility index (Phi) is 13.3. The van der Waals surface area contributed by atoms with E-state index in [0.717, 1.165) is 30.0 Å². The number of aromatic nitrogens is 1. The maximum atomic E-state index is 11.6. The van der Waals surface area contributed by atoms with Crippen molar-refractivity contribution in [3.8, 4) is 0 Å². The van der Waals surface area contributed by atoms with Crippen molar-refractivity contribution in [2.45, 2.75) is 53.2 Å². The summed E-state index contributed by atoms with van der Waals surface area (Å²) in [7, 11) is 1.96. The highest BCUT2D eigenvalue weighted by molar-refractivity contribution is 7.18. The smallest absolute Gasteiger partial charge is 0.223 e. The number of nitrogens with zero attached hydrogens (tertiary/aromatic N) is 2. The van der Waals surface area contributed by atoms with Crippen molar-refractivity contribution < 1.29 is 14.7 Å². The molecular formula is C21H37N5O3S. The predicted molar refractivity (Wildman–Crippen MR) is 124 cm³/mol. The molecule has 0 aliphatic carbocycles. The number of aryl methyl sites for hydroxylation is 1. The fourth-order valence-electron chi connectivity index (χ4n) is 2.93. The van der Waals surface area contributed by atoms with Crippen LogP contribution in [0.2, 0.25) is 0 Å². The highest BCUT2D eigenvalue weighted by Gasteiger charge is 2.27. The lowest BCUT2D eigenvalue weighted by atomic mass is 9.92. The number of thiazole rings is 1. The molecule has 2 aromatic rings. The van der Waals surface area contributed by atoms with Crippen LogP contribution < -0.4 is 17.0 Å². The molecule has 30 heavy (non-hydrogen) atoms. The van der Waals surface area contributed by atoms with Gasteiger partial charge in [0.05, 0.1) is 21.3 Å². The molecule has 1 aliphatic heterocycles. The van der Waals surface area contributed by atoms with Gasteiger partial charge in [-0.05, 0) is 43.5 Å². The second-order valence-electron chi connectivity index (χ2n) is 8.08. The van der Waals surface area contributed by atoms with Crippen LogP contribution in [-0.4, -0.2) is 53.9 Å².